The van der Waals surface area contributed by atoms with Gasteiger partial charge in [0.2, 0.25) is 5.43 Å². The first-order chi connectivity index (χ1) is 9.34. The number of pyridine rings is 1. The van der Waals surface area contributed by atoms with E-state index < -0.39 is 11.2 Å². The fourth-order valence-electron chi connectivity index (χ4n) is 2.53. The van der Waals surface area contributed by atoms with Crippen molar-refractivity contribution in [3.8, 4) is 0 Å². The van der Waals surface area contributed by atoms with Gasteiger partial charge in [-0.2, -0.15) is 0 Å². The van der Waals surface area contributed by atoms with Gasteiger partial charge >= 0.3 is 5.69 Å². The third-order valence-electron chi connectivity index (χ3n) is 3.86. The molecule has 20 heavy (non-hydrogen) atoms. The summed E-state index contributed by atoms with van der Waals surface area (Å²) in [6.07, 6.45) is 0. The Labute approximate surface area is 112 Å². The van der Waals surface area contributed by atoms with Crippen LogP contribution in [0.5, 0.6) is 0 Å². The van der Waals surface area contributed by atoms with Gasteiger partial charge in [0.05, 0.1) is 5.39 Å². The molecule has 0 aromatic carbocycles. The number of fused-ring (bicyclic) bond motifs is 2. The quantitative estimate of drug-likeness (QED) is 0.605. The van der Waals surface area contributed by atoms with Crippen LogP contribution in [0.15, 0.2) is 14.4 Å². The number of nitrogens with one attached hydrogen (secondary N) is 2. The highest BCUT2D eigenvalue weighted by Crippen LogP contribution is 2.17. The molecule has 3 aromatic heterocycles. The number of aryl methyl sites for hydroxylation is 3. The van der Waals surface area contributed by atoms with Crippen molar-refractivity contribution in [1.82, 2.24) is 19.1 Å². The third-order valence-corrected chi connectivity index (χ3v) is 3.86. The second kappa shape index (κ2) is 3.72. The van der Waals surface area contributed by atoms with Crippen LogP contribution < -0.4 is 16.7 Å². The molecule has 3 aromatic rings. The van der Waals surface area contributed by atoms with E-state index in [0.29, 0.717) is 11.0 Å². The summed E-state index contributed by atoms with van der Waals surface area (Å²) >= 11 is 0. The molecular formula is C13H14N4O3. The van der Waals surface area contributed by atoms with Gasteiger partial charge in [-0.25, -0.2) is 4.79 Å². The molecule has 0 radical (unpaired) electrons. The molecular weight excluding hydrogens is 260 g/mol. The standard InChI is InChI=1S/C13H14N4O3/c1-5-6(2)14-10-7(5)9(18)8-11(15-10)16(3)13(20)17(4)12(8)19/h1-4H3,(H2,14,15,18). The van der Waals surface area contributed by atoms with Crippen LogP contribution in [0.1, 0.15) is 11.3 Å². The largest absolute Gasteiger partial charge is 0.345 e. The number of aromatic nitrogens is 4. The van der Waals surface area contributed by atoms with Crippen molar-refractivity contribution in [2.45, 2.75) is 13.8 Å². The highest BCUT2D eigenvalue weighted by atomic mass is 16.2. The van der Waals surface area contributed by atoms with E-state index in [1.807, 2.05) is 13.8 Å². The third kappa shape index (κ3) is 1.31. The van der Waals surface area contributed by atoms with E-state index in [0.717, 1.165) is 15.8 Å². The second-order valence-corrected chi connectivity index (χ2v) is 5.01. The number of nitrogens with zero attached hydrogens (tertiary/aromatic N) is 2. The van der Waals surface area contributed by atoms with E-state index in [1.54, 1.807) is 0 Å². The van der Waals surface area contributed by atoms with Gasteiger partial charge in [-0.1, -0.05) is 0 Å². The second-order valence-electron chi connectivity index (χ2n) is 5.01. The lowest BCUT2D eigenvalue weighted by Gasteiger charge is -2.07. The molecule has 0 atom stereocenters. The smallest absolute Gasteiger partial charge is 0.332 e. The van der Waals surface area contributed by atoms with Crippen molar-refractivity contribution in [3.63, 3.8) is 0 Å². The summed E-state index contributed by atoms with van der Waals surface area (Å²) in [5.74, 6) is 0. The molecule has 0 aliphatic heterocycles. The predicted octanol–water partition coefficient (Wildman–Crippen LogP) is 0.0236. The number of H-pyrrole nitrogens is 2. The van der Waals surface area contributed by atoms with E-state index in [4.69, 9.17) is 0 Å². The maximum atomic E-state index is 12.6. The van der Waals surface area contributed by atoms with E-state index >= 15 is 0 Å². The molecule has 7 nitrogen and oxygen atoms in total. The van der Waals surface area contributed by atoms with Crippen LogP contribution in [-0.2, 0) is 14.1 Å². The molecule has 0 bridgehead atoms. The van der Waals surface area contributed by atoms with Crippen molar-refractivity contribution >= 4 is 22.1 Å². The predicted molar refractivity (Wildman–Crippen MR) is 76.4 cm³/mol. The van der Waals surface area contributed by atoms with Gasteiger partial charge in [0.25, 0.3) is 5.56 Å². The van der Waals surface area contributed by atoms with E-state index in [1.165, 1.54) is 18.7 Å². The minimum absolute atomic E-state index is 0.00389. The van der Waals surface area contributed by atoms with Gasteiger partial charge in [0, 0.05) is 19.8 Å². The van der Waals surface area contributed by atoms with Crippen LogP contribution in [0, 0.1) is 13.8 Å². The zero-order valence-electron chi connectivity index (χ0n) is 11.6. The Kier molecular flexibility index (Phi) is 2.32. The summed E-state index contributed by atoms with van der Waals surface area (Å²) in [6.45, 7) is 3.67. The van der Waals surface area contributed by atoms with Crippen LogP contribution in [0.4, 0.5) is 0 Å². The Morgan fingerprint density at radius 3 is 2.20 bits per heavy atom. The van der Waals surface area contributed by atoms with Crippen molar-refractivity contribution in [3.05, 3.63) is 42.3 Å². The zero-order valence-corrected chi connectivity index (χ0v) is 11.6. The Bertz CT molecular complexity index is 1050. The molecule has 0 aliphatic carbocycles. The van der Waals surface area contributed by atoms with Crippen molar-refractivity contribution < 1.29 is 0 Å². The monoisotopic (exact) mass is 274 g/mol. The first kappa shape index (κ1) is 12.5. The lowest BCUT2D eigenvalue weighted by molar-refractivity contribution is 0.708. The number of hydrogen-bond donors (Lipinski definition) is 2. The van der Waals surface area contributed by atoms with Crippen LogP contribution >= 0.6 is 0 Å². The SMILES string of the molecule is Cc1[nH]c2[nH]c3c(c(=O)c2c1C)c(=O)n(C)c(=O)n3C. The normalized spacial score (nSPS) is 11.6. The molecule has 7 heteroatoms. The summed E-state index contributed by atoms with van der Waals surface area (Å²) in [5.41, 5.74) is 1.01. The molecule has 0 amide bonds. The molecule has 0 unspecified atom stereocenters. The molecule has 0 aliphatic rings. The molecule has 0 saturated heterocycles. The fraction of sp³-hybridized carbons (Fsp3) is 0.308. The van der Waals surface area contributed by atoms with Gasteiger partial charge in [0.1, 0.15) is 16.7 Å². The van der Waals surface area contributed by atoms with Crippen LogP contribution in [-0.4, -0.2) is 19.1 Å². The van der Waals surface area contributed by atoms with Gasteiger partial charge in [-0.3, -0.25) is 18.7 Å². The Morgan fingerprint density at radius 2 is 1.55 bits per heavy atom. The van der Waals surface area contributed by atoms with E-state index in [2.05, 4.69) is 9.97 Å². The molecule has 3 rings (SSSR count). The summed E-state index contributed by atoms with van der Waals surface area (Å²) in [5, 5.41) is 0.468. The Balaban J connectivity index is 2.80. The summed E-state index contributed by atoms with van der Waals surface area (Å²) in [4.78, 5) is 42.8. The summed E-state index contributed by atoms with van der Waals surface area (Å²) in [6, 6.07) is 0. The van der Waals surface area contributed by atoms with Crippen molar-refractivity contribution in [2.24, 2.45) is 14.1 Å². The lowest BCUT2D eigenvalue weighted by atomic mass is 10.1. The number of aromatic amines is 2. The van der Waals surface area contributed by atoms with Crippen LogP contribution in [0.25, 0.3) is 22.1 Å². The first-order valence-corrected chi connectivity index (χ1v) is 6.15. The number of rotatable bonds is 0. The average Bonchev–Trinajstić information content (AvgIpc) is 2.69. The fourth-order valence-corrected chi connectivity index (χ4v) is 2.53. The molecule has 2 N–H and O–H groups in total. The van der Waals surface area contributed by atoms with Gasteiger partial charge < -0.3 is 9.97 Å². The van der Waals surface area contributed by atoms with Crippen LogP contribution in [0.3, 0.4) is 0 Å². The lowest BCUT2D eigenvalue weighted by Crippen LogP contribution is -2.39. The topological polar surface area (TPSA) is 92.7 Å². The first-order valence-electron chi connectivity index (χ1n) is 6.15. The number of hydrogen-bond acceptors (Lipinski definition) is 3. The molecule has 104 valence electrons. The maximum Gasteiger partial charge on any atom is 0.332 e. The minimum Gasteiger partial charge on any atom is -0.345 e. The molecule has 0 fully saturated rings. The van der Waals surface area contributed by atoms with E-state index in [9.17, 15) is 14.4 Å². The van der Waals surface area contributed by atoms with Crippen molar-refractivity contribution in [1.29, 1.82) is 0 Å². The highest BCUT2D eigenvalue weighted by Gasteiger charge is 2.17. The van der Waals surface area contributed by atoms with Gasteiger partial charge in [-0.15, -0.1) is 0 Å². The van der Waals surface area contributed by atoms with Gasteiger partial charge in [-0.05, 0) is 19.4 Å². The summed E-state index contributed by atoms with van der Waals surface area (Å²) < 4.78 is 2.21. The molecule has 3 heterocycles. The Morgan fingerprint density at radius 1 is 0.900 bits per heavy atom. The minimum atomic E-state index is -0.579. The summed E-state index contributed by atoms with van der Waals surface area (Å²) in [7, 11) is 2.89. The Hall–Kier alpha value is -2.57. The molecule has 0 spiro atoms. The maximum absolute atomic E-state index is 12.6. The average molecular weight is 274 g/mol. The van der Waals surface area contributed by atoms with Crippen molar-refractivity contribution in [2.75, 3.05) is 0 Å². The molecule has 0 saturated carbocycles. The zero-order chi connectivity index (χ0) is 14.8. The highest BCUT2D eigenvalue weighted by molar-refractivity contribution is 5.91. The van der Waals surface area contributed by atoms with E-state index in [-0.39, 0.29) is 16.5 Å². The van der Waals surface area contributed by atoms with Gasteiger partial charge in [0.15, 0.2) is 0 Å². The van der Waals surface area contributed by atoms with Crippen LogP contribution in [0.2, 0.25) is 0 Å².